The summed E-state index contributed by atoms with van der Waals surface area (Å²) in [6.45, 7) is 4.50. The zero-order valence-electron chi connectivity index (χ0n) is 29.5. The van der Waals surface area contributed by atoms with E-state index in [1.165, 1.54) is 80.8 Å². The minimum absolute atomic E-state index is 1.31. The van der Waals surface area contributed by atoms with Gasteiger partial charge in [0, 0.05) is 0 Å². The van der Waals surface area contributed by atoms with Gasteiger partial charge in [-0.2, -0.15) is 0 Å². The van der Waals surface area contributed by atoms with Crippen LogP contribution in [0.4, 0.5) is 0 Å². The number of thioether (sulfide) groups is 4. The topological polar surface area (TPSA) is 0 Å². The van der Waals surface area contributed by atoms with Gasteiger partial charge in [0.15, 0.2) is 0 Å². The molecule has 8 heteroatoms. The number of hydrogen-bond acceptors (Lipinski definition) is 4. The van der Waals surface area contributed by atoms with Crippen LogP contribution < -0.4 is 31.7 Å². The van der Waals surface area contributed by atoms with Gasteiger partial charge in [-0.1, -0.05) is 0 Å². The molecule has 0 amide bonds. The van der Waals surface area contributed by atoms with Crippen molar-refractivity contribution in [1.82, 2.24) is 0 Å². The first kappa shape index (κ1) is 37.2. The third kappa shape index (κ3) is 6.37. The van der Waals surface area contributed by atoms with Crippen LogP contribution in [0.3, 0.4) is 0 Å². The number of hydrogen-bond donors (Lipinski definition) is 0. The van der Waals surface area contributed by atoms with E-state index in [1.54, 1.807) is 0 Å². The van der Waals surface area contributed by atoms with Crippen molar-refractivity contribution in [2.75, 3.05) is 0 Å². The van der Waals surface area contributed by atoms with Crippen molar-refractivity contribution in [2.24, 2.45) is 0 Å². The maximum absolute atomic E-state index is 3.97. The van der Waals surface area contributed by atoms with Crippen LogP contribution in [0.5, 0.6) is 0 Å². The molecule has 7 aromatic rings. The van der Waals surface area contributed by atoms with Crippen molar-refractivity contribution in [3.05, 3.63) is 199 Å². The van der Waals surface area contributed by atoms with Gasteiger partial charge in [0.1, 0.15) is 0 Å². The first-order chi connectivity index (χ1) is 26.4. The van der Waals surface area contributed by atoms with Gasteiger partial charge in [0.05, 0.1) is 0 Å². The number of rotatable bonds is 6. The van der Waals surface area contributed by atoms with Crippen molar-refractivity contribution in [3.8, 4) is 0 Å². The quantitative estimate of drug-likeness (QED) is 0.0925. The molecule has 2 aliphatic rings. The second kappa shape index (κ2) is 15.5. The van der Waals surface area contributed by atoms with Crippen molar-refractivity contribution in [3.63, 3.8) is 0 Å². The molecule has 0 aliphatic carbocycles. The Morgan fingerprint density at radius 1 is 0.333 bits per heavy atom. The average molecular weight is 935 g/mol. The maximum atomic E-state index is 3.97. The molecule has 0 saturated carbocycles. The van der Waals surface area contributed by atoms with E-state index >= 15 is 0 Å². The molecular weight excluding hydrogens is 901 g/mol. The Hall–Kier alpha value is -2.42. The molecule has 0 spiro atoms. The first-order valence-electron chi connectivity index (χ1n) is 17.6. The van der Waals surface area contributed by atoms with Crippen molar-refractivity contribution >= 4 is 139 Å². The first-order valence-corrected chi connectivity index (χ1v) is 28.9. The molecule has 0 fully saturated rings. The summed E-state index contributed by atoms with van der Waals surface area (Å²) in [5.74, 6) is 0. The van der Waals surface area contributed by atoms with E-state index in [4.69, 9.17) is 0 Å². The van der Waals surface area contributed by atoms with Crippen LogP contribution in [0.15, 0.2) is 189 Å². The van der Waals surface area contributed by atoms with Gasteiger partial charge >= 0.3 is 353 Å². The van der Waals surface area contributed by atoms with Crippen LogP contribution >= 0.6 is 58.1 Å². The van der Waals surface area contributed by atoms with Crippen LogP contribution in [0.2, 0.25) is 0 Å². The van der Waals surface area contributed by atoms with Crippen LogP contribution in [-0.2, 0) is 0 Å². The molecular formula is C46H34P2S4Se2. The monoisotopic (exact) mass is 936 g/mol. The summed E-state index contributed by atoms with van der Waals surface area (Å²) in [6, 6.07) is 63.1. The minimum atomic E-state index is -2.27. The summed E-state index contributed by atoms with van der Waals surface area (Å²) >= 11 is 15.8. The standard InChI is InChI=1S/C46H34P2S4Se2/c1-31-32(2)50-45(49-31)41-37-27-15-17-29-39(37)42(40-30-18-16-28-38(40)41)46-51-43(47(53,33-19-7-3-8-20-33)34-21-9-4-10-22-34)44(52-46)48(54,35-23-11-5-12-24-35)36-25-13-6-14-26-36/h3-30H,1-2H3. The van der Waals surface area contributed by atoms with Crippen LogP contribution in [-0.4, -0.2) is 30.2 Å². The summed E-state index contributed by atoms with van der Waals surface area (Å²) in [5, 5.41) is 13.3. The predicted molar refractivity (Wildman–Crippen MR) is 253 cm³/mol. The fourth-order valence-corrected chi connectivity index (χ4v) is 28.9. The Balaban J connectivity index is 1.43. The molecule has 54 heavy (non-hydrogen) atoms. The summed E-state index contributed by atoms with van der Waals surface area (Å²) in [5.41, 5.74) is -4.53. The van der Waals surface area contributed by atoms with Crippen LogP contribution in [0.1, 0.15) is 13.8 Å². The van der Waals surface area contributed by atoms with Gasteiger partial charge in [0.25, 0.3) is 0 Å². The van der Waals surface area contributed by atoms with E-state index in [1.807, 2.05) is 47.0 Å². The van der Waals surface area contributed by atoms with Gasteiger partial charge in [-0.25, -0.2) is 0 Å². The SMILES string of the molecule is CC1=C(C)SC(=c2c3ccccc3c(=C3SC(P(=[Se])(c4ccccc4)c4ccccc4)=C(P(=[Se])(c4ccccc4)c4ccccc4)S3)c3ccccc23)S1. The van der Waals surface area contributed by atoms with E-state index in [9.17, 15) is 0 Å². The third-order valence-electron chi connectivity index (χ3n) is 9.94. The number of fused-ring (bicyclic) bond motifs is 2. The summed E-state index contributed by atoms with van der Waals surface area (Å²) in [4.78, 5) is 2.79. The molecule has 2 aliphatic heterocycles. The van der Waals surface area contributed by atoms with E-state index in [0.717, 1.165) is 0 Å². The molecule has 0 radical (unpaired) electrons. The molecule has 0 saturated heterocycles. The van der Waals surface area contributed by atoms with Crippen molar-refractivity contribution in [1.29, 1.82) is 0 Å². The Kier molecular flexibility index (Phi) is 10.7. The van der Waals surface area contributed by atoms with E-state index in [-0.39, 0.29) is 0 Å². The van der Waals surface area contributed by atoms with Gasteiger partial charge in [0.2, 0.25) is 0 Å². The molecule has 0 aromatic heterocycles. The Morgan fingerprint density at radius 2 is 0.574 bits per heavy atom. The molecule has 0 atom stereocenters. The van der Waals surface area contributed by atoms with Crippen LogP contribution in [0, 0.1) is 0 Å². The van der Waals surface area contributed by atoms with Crippen LogP contribution in [0.25, 0.3) is 30.0 Å². The van der Waals surface area contributed by atoms with Crippen molar-refractivity contribution < 1.29 is 0 Å². The zero-order chi connectivity index (χ0) is 36.9. The summed E-state index contributed by atoms with van der Waals surface area (Å²) in [7, 11) is 0. The fourth-order valence-electron chi connectivity index (χ4n) is 7.22. The number of allylic oxidation sites excluding steroid dienone is 2. The van der Waals surface area contributed by atoms with Gasteiger partial charge in [-0.15, -0.1) is 0 Å². The van der Waals surface area contributed by atoms with E-state index < -0.39 is 11.0 Å². The molecule has 0 N–H and O–H groups in total. The fraction of sp³-hybridized carbons (Fsp3) is 0.0435. The normalized spacial score (nSPS) is 15.2. The third-order valence-corrected chi connectivity index (χ3v) is 32.3. The zero-order valence-corrected chi connectivity index (χ0v) is 38.0. The van der Waals surface area contributed by atoms with Gasteiger partial charge < -0.3 is 0 Å². The Labute approximate surface area is 349 Å². The molecule has 0 bridgehead atoms. The Morgan fingerprint density at radius 3 is 0.852 bits per heavy atom. The molecule has 9 rings (SSSR count). The second-order valence-electron chi connectivity index (χ2n) is 13.1. The Bertz CT molecular complexity index is 2620. The van der Waals surface area contributed by atoms with E-state index in [0.29, 0.717) is 0 Å². The summed E-state index contributed by atoms with van der Waals surface area (Å²) in [6.07, 6.45) is 0. The molecule has 0 nitrogen and oxygen atoms in total. The average Bonchev–Trinajstić information content (AvgIpc) is 3.83. The molecule has 2 heterocycles. The van der Waals surface area contributed by atoms with E-state index in [2.05, 4.69) is 214 Å². The van der Waals surface area contributed by atoms with Gasteiger partial charge in [-0.05, 0) is 0 Å². The van der Waals surface area contributed by atoms with Gasteiger partial charge in [-0.3, -0.25) is 0 Å². The molecule has 0 unspecified atom stereocenters. The second-order valence-corrected chi connectivity index (χ2v) is 31.0. The predicted octanol–water partition coefficient (Wildman–Crippen LogP) is 11.0. The molecule has 7 aromatic carbocycles. The number of benzene rings is 7. The van der Waals surface area contributed by atoms with Crippen molar-refractivity contribution in [2.45, 2.75) is 13.8 Å². The molecule has 264 valence electrons. The summed E-state index contributed by atoms with van der Waals surface area (Å²) < 4.78 is 5.62.